The predicted octanol–water partition coefficient (Wildman–Crippen LogP) is 1.38. The third-order valence-electron chi connectivity index (χ3n) is 4.42. The Balaban J connectivity index is 2.17. The Morgan fingerprint density at radius 2 is 1.71 bits per heavy atom. The van der Waals surface area contributed by atoms with Crippen LogP contribution in [0.1, 0.15) is 38.5 Å². The van der Waals surface area contributed by atoms with E-state index in [2.05, 4.69) is 0 Å². The van der Waals surface area contributed by atoms with E-state index in [0.29, 0.717) is 5.41 Å². The van der Waals surface area contributed by atoms with Gasteiger partial charge in [0.1, 0.15) is 6.07 Å². The molecule has 0 radical (unpaired) electrons. The summed E-state index contributed by atoms with van der Waals surface area (Å²) in [4.78, 5) is 11.5. The minimum Gasteiger partial charge on any atom is -0.330 e. The summed E-state index contributed by atoms with van der Waals surface area (Å²) in [6.45, 7) is 0.740. The monoisotopic (exact) mass is 192 g/mol. The minimum absolute atomic E-state index is 0.192. The van der Waals surface area contributed by atoms with Crippen molar-refractivity contribution in [2.75, 3.05) is 6.54 Å². The van der Waals surface area contributed by atoms with Gasteiger partial charge in [-0.05, 0) is 50.5 Å². The number of hydrogen-bond donors (Lipinski definition) is 1. The second kappa shape index (κ2) is 3.06. The van der Waals surface area contributed by atoms with E-state index >= 15 is 0 Å². The lowest BCUT2D eigenvalue weighted by molar-refractivity contribution is -0.131. The van der Waals surface area contributed by atoms with Crippen molar-refractivity contribution in [1.29, 1.82) is 5.26 Å². The summed E-state index contributed by atoms with van der Waals surface area (Å²) in [6.07, 6.45) is 5.77. The Labute approximate surface area is 84.3 Å². The van der Waals surface area contributed by atoms with Crippen LogP contribution in [-0.4, -0.2) is 12.3 Å². The lowest BCUT2D eigenvalue weighted by Gasteiger charge is -2.51. The van der Waals surface area contributed by atoms with Crippen LogP contribution >= 0.6 is 0 Å². The number of hydrogen-bond acceptors (Lipinski definition) is 3. The smallest absolute Gasteiger partial charge is 0.238 e. The zero-order valence-electron chi connectivity index (χ0n) is 8.38. The molecule has 2 N–H and O–H groups in total. The second-order valence-electron chi connectivity index (χ2n) is 4.93. The zero-order chi connectivity index (χ0) is 10.2. The van der Waals surface area contributed by atoms with Crippen LogP contribution in [0.5, 0.6) is 0 Å². The van der Waals surface area contributed by atoms with Gasteiger partial charge < -0.3 is 5.73 Å². The molecule has 3 heteroatoms. The second-order valence-corrected chi connectivity index (χ2v) is 4.93. The highest BCUT2D eigenvalue weighted by atomic mass is 16.1. The highest BCUT2D eigenvalue weighted by Crippen LogP contribution is 2.56. The topological polar surface area (TPSA) is 66.9 Å². The summed E-state index contributed by atoms with van der Waals surface area (Å²) in [7, 11) is 0. The first-order valence-corrected chi connectivity index (χ1v) is 5.31. The lowest BCUT2D eigenvalue weighted by atomic mass is 9.52. The molecule has 0 aromatic carbocycles. The number of carbonyl (C=O) groups is 1. The molecule has 0 saturated heterocycles. The van der Waals surface area contributed by atoms with Crippen LogP contribution in [0.4, 0.5) is 0 Å². The van der Waals surface area contributed by atoms with Crippen LogP contribution in [0.15, 0.2) is 0 Å². The van der Waals surface area contributed by atoms with Crippen molar-refractivity contribution in [3.8, 4) is 6.07 Å². The quantitative estimate of drug-likeness (QED) is 0.672. The lowest BCUT2D eigenvalue weighted by Crippen LogP contribution is -2.48. The molecule has 3 nitrogen and oxygen atoms in total. The zero-order valence-corrected chi connectivity index (χ0v) is 8.38. The maximum atomic E-state index is 11.5. The van der Waals surface area contributed by atoms with Crippen LogP contribution in [0.3, 0.4) is 0 Å². The van der Waals surface area contributed by atoms with E-state index in [0.717, 1.165) is 45.1 Å². The molecule has 3 aliphatic rings. The number of carbonyl (C=O) groups excluding carboxylic acids is 1. The Morgan fingerprint density at radius 1 is 1.21 bits per heavy atom. The van der Waals surface area contributed by atoms with Crippen LogP contribution in [-0.2, 0) is 4.79 Å². The van der Waals surface area contributed by atoms with E-state index in [1.165, 1.54) is 0 Å². The molecule has 0 amide bonds. The fourth-order valence-corrected chi connectivity index (χ4v) is 3.03. The van der Waals surface area contributed by atoms with Crippen LogP contribution in [0, 0.1) is 22.2 Å². The summed E-state index contributed by atoms with van der Waals surface area (Å²) in [5.41, 5.74) is 5.79. The van der Waals surface area contributed by atoms with E-state index in [9.17, 15) is 4.79 Å². The fourth-order valence-electron chi connectivity index (χ4n) is 3.03. The van der Waals surface area contributed by atoms with Gasteiger partial charge in [-0.2, -0.15) is 5.26 Å². The maximum Gasteiger partial charge on any atom is 0.238 e. The molecule has 3 rings (SSSR count). The molecule has 76 valence electrons. The number of nitrogens with two attached hydrogens (primary N) is 1. The largest absolute Gasteiger partial charge is 0.330 e. The number of fused-ring (bicyclic) bond motifs is 3. The van der Waals surface area contributed by atoms with Crippen molar-refractivity contribution in [3.05, 3.63) is 0 Å². The van der Waals surface area contributed by atoms with Crippen molar-refractivity contribution < 1.29 is 4.79 Å². The molecule has 0 heterocycles. The summed E-state index contributed by atoms with van der Waals surface area (Å²) in [6, 6.07) is 1.81. The summed E-state index contributed by atoms with van der Waals surface area (Å²) in [5, 5.41) is 8.70. The molecule has 0 aromatic rings. The molecule has 2 bridgehead atoms. The third kappa shape index (κ3) is 1.18. The number of rotatable bonds is 2. The average molecular weight is 192 g/mol. The number of nitrogens with zero attached hydrogens (tertiary/aromatic N) is 1. The van der Waals surface area contributed by atoms with Crippen molar-refractivity contribution in [2.24, 2.45) is 16.6 Å². The van der Waals surface area contributed by atoms with Gasteiger partial charge >= 0.3 is 0 Å². The van der Waals surface area contributed by atoms with Gasteiger partial charge in [0.2, 0.25) is 5.78 Å². The predicted molar refractivity (Wildman–Crippen MR) is 52.2 cm³/mol. The standard InChI is InChI=1S/C11H16N2O/c12-7-9(14)11-4-1-10(8-13,2-5-11)3-6-11/h1-6,8,13H2. The summed E-state index contributed by atoms with van der Waals surface area (Å²) in [5.74, 6) is -0.192. The van der Waals surface area contributed by atoms with Crippen LogP contribution in [0.25, 0.3) is 0 Å². The highest BCUT2D eigenvalue weighted by Gasteiger charge is 2.51. The highest BCUT2D eigenvalue weighted by molar-refractivity contribution is 5.98. The van der Waals surface area contributed by atoms with Gasteiger partial charge in [-0.15, -0.1) is 0 Å². The maximum absolute atomic E-state index is 11.5. The van der Waals surface area contributed by atoms with Gasteiger partial charge in [0.05, 0.1) is 0 Å². The molecule has 0 spiro atoms. The normalized spacial score (nSPS) is 40.6. The van der Waals surface area contributed by atoms with E-state index in [-0.39, 0.29) is 11.2 Å². The minimum atomic E-state index is -0.286. The Bertz CT molecular complexity index is 278. The van der Waals surface area contributed by atoms with Gasteiger partial charge in [-0.1, -0.05) is 0 Å². The van der Waals surface area contributed by atoms with Crippen molar-refractivity contribution in [1.82, 2.24) is 0 Å². The molecule has 3 fully saturated rings. The van der Waals surface area contributed by atoms with Gasteiger partial charge in [0.15, 0.2) is 0 Å². The van der Waals surface area contributed by atoms with E-state index in [4.69, 9.17) is 11.0 Å². The Hall–Kier alpha value is -0.880. The molecule has 3 saturated carbocycles. The van der Waals surface area contributed by atoms with E-state index in [1.54, 1.807) is 0 Å². The SMILES string of the molecule is N#CC(=O)C12CCC(CN)(CC1)CC2. The van der Waals surface area contributed by atoms with Crippen molar-refractivity contribution >= 4 is 5.78 Å². The average Bonchev–Trinajstić information content (AvgIpc) is 2.30. The van der Waals surface area contributed by atoms with E-state index in [1.807, 2.05) is 6.07 Å². The van der Waals surface area contributed by atoms with Crippen LogP contribution < -0.4 is 5.73 Å². The molecular weight excluding hydrogens is 176 g/mol. The first-order valence-electron chi connectivity index (χ1n) is 5.31. The fraction of sp³-hybridized carbons (Fsp3) is 0.818. The molecule has 0 atom stereocenters. The molecular formula is C11H16N2O. The molecule has 0 aliphatic heterocycles. The molecule has 0 unspecified atom stereocenters. The van der Waals surface area contributed by atoms with Crippen molar-refractivity contribution in [2.45, 2.75) is 38.5 Å². The van der Waals surface area contributed by atoms with Gasteiger partial charge in [-0.25, -0.2) is 0 Å². The Morgan fingerprint density at radius 3 is 2.07 bits per heavy atom. The molecule has 3 aliphatic carbocycles. The number of Topliss-reactive ketones (excluding diaryl/α,β-unsaturated/α-hetero) is 1. The number of ketones is 1. The van der Waals surface area contributed by atoms with Gasteiger partial charge in [0, 0.05) is 5.41 Å². The van der Waals surface area contributed by atoms with Crippen molar-refractivity contribution in [3.63, 3.8) is 0 Å². The van der Waals surface area contributed by atoms with Gasteiger partial charge in [-0.3, -0.25) is 4.79 Å². The van der Waals surface area contributed by atoms with E-state index < -0.39 is 0 Å². The number of nitriles is 1. The first kappa shape index (κ1) is 9.67. The summed E-state index contributed by atoms with van der Waals surface area (Å²) >= 11 is 0. The van der Waals surface area contributed by atoms with Gasteiger partial charge in [0.25, 0.3) is 0 Å². The molecule has 0 aromatic heterocycles. The molecule has 14 heavy (non-hydrogen) atoms. The third-order valence-corrected chi connectivity index (χ3v) is 4.42. The Kier molecular flexibility index (Phi) is 2.11. The first-order chi connectivity index (χ1) is 6.66. The van der Waals surface area contributed by atoms with Crippen LogP contribution in [0.2, 0.25) is 0 Å². The summed E-state index contributed by atoms with van der Waals surface area (Å²) < 4.78 is 0.